The molecule has 17 nitrogen and oxygen atoms in total. The van der Waals surface area contributed by atoms with Gasteiger partial charge in [0.05, 0.1) is 25.0 Å². The number of carbonyl (C=O) groups excluding carboxylic acids is 5. The Labute approximate surface area is 380 Å². The Morgan fingerprint density at radius 1 is 1.02 bits per heavy atom. The van der Waals surface area contributed by atoms with Crippen molar-refractivity contribution in [2.24, 2.45) is 0 Å². The number of hydrogen-bond donors (Lipinski definition) is 4. The largest absolute Gasteiger partial charge is 0.495 e. The third kappa shape index (κ3) is 10.2. The summed E-state index contributed by atoms with van der Waals surface area (Å²) >= 11 is 0. The number of likely N-dealkylation sites (N-methyl/N-ethyl adjacent to an activating group) is 1. The van der Waals surface area contributed by atoms with Gasteiger partial charge in [-0.2, -0.15) is 4.98 Å². The van der Waals surface area contributed by atoms with Crippen LogP contribution < -0.4 is 35.8 Å². The first-order chi connectivity index (χ1) is 31.6. The van der Waals surface area contributed by atoms with Crippen molar-refractivity contribution in [2.45, 2.75) is 102 Å². The van der Waals surface area contributed by atoms with Crippen molar-refractivity contribution in [1.29, 1.82) is 0 Å². The van der Waals surface area contributed by atoms with Gasteiger partial charge in [-0.15, -0.1) is 0 Å². The van der Waals surface area contributed by atoms with Crippen LogP contribution in [0.25, 0.3) is 0 Å². The lowest BCUT2D eigenvalue weighted by atomic mass is 10.0. The molecular weight excluding hydrogens is 829 g/mol. The Bertz CT molecular complexity index is 2340. The van der Waals surface area contributed by atoms with Crippen LogP contribution in [0.5, 0.6) is 5.75 Å². The van der Waals surface area contributed by atoms with Crippen molar-refractivity contribution in [2.75, 3.05) is 75.2 Å². The molecule has 2 saturated heterocycles. The highest BCUT2D eigenvalue weighted by Gasteiger charge is 2.42. The predicted molar refractivity (Wildman–Crippen MR) is 245 cm³/mol. The first-order valence-electron chi connectivity index (χ1n) is 23.1. The van der Waals surface area contributed by atoms with E-state index < -0.39 is 11.9 Å². The number of anilines is 4. The smallest absolute Gasteiger partial charge is 0.255 e. The number of nitrogens with one attached hydrogen (secondary N) is 4. The Morgan fingerprint density at radius 3 is 2.62 bits per heavy atom. The molecule has 1 aromatic heterocycles. The van der Waals surface area contributed by atoms with Gasteiger partial charge in [-0.25, -0.2) is 4.98 Å². The zero-order valence-electron chi connectivity index (χ0n) is 37.6. The van der Waals surface area contributed by atoms with E-state index in [9.17, 15) is 24.0 Å². The number of methoxy groups -OCH3 is 1. The van der Waals surface area contributed by atoms with Crippen LogP contribution in [0.1, 0.15) is 103 Å². The molecule has 5 aliphatic rings. The van der Waals surface area contributed by atoms with Crippen LogP contribution in [0.2, 0.25) is 0 Å². The molecule has 3 fully saturated rings. The molecule has 4 N–H and O–H groups in total. The molecule has 1 saturated carbocycles. The lowest BCUT2D eigenvalue weighted by molar-refractivity contribution is -0.137. The van der Waals surface area contributed by atoms with Crippen LogP contribution in [0.4, 0.5) is 23.1 Å². The predicted octanol–water partition coefficient (Wildman–Crippen LogP) is 3.74. The van der Waals surface area contributed by atoms with Crippen LogP contribution in [0, 0.1) is 11.8 Å². The molecule has 0 spiro atoms. The molecule has 2 aromatic carbocycles. The van der Waals surface area contributed by atoms with E-state index in [4.69, 9.17) is 14.5 Å². The van der Waals surface area contributed by atoms with Gasteiger partial charge in [-0.3, -0.25) is 34.2 Å². The van der Waals surface area contributed by atoms with E-state index in [1.165, 1.54) is 0 Å². The van der Waals surface area contributed by atoms with Crippen molar-refractivity contribution in [3.63, 3.8) is 0 Å². The molecule has 8 rings (SSSR count). The highest BCUT2D eigenvalue weighted by Crippen LogP contribution is 2.40. The van der Waals surface area contributed by atoms with Crippen molar-refractivity contribution < 1.29 is 33.4 Å². The van der Waals surface area contributed by atoms with Gasteiger partial charge in [0.2, 0.25) is 23.7 Å². The van der Waals surface area contributed by atoms with Gasteiger partial charge in [-0.1, -0.05) is 37.7 Å². The minimum Gasteiger partial charge on any atom is -0.495 e. The monoisotopic (exact) mass is 888 g/mol. The third-order valence-electron chi connectivity index (χ3n) is 13.1. The van der Waals surface area contributed by atoms with Crippen LogP contribution in [-0.2, 0) is 25.7 Å². The first-order valence-corrected chi connectivity index (χ1v) is 23.1. The summed E-state index contributed by atoms with van der Waals surface area (Å²) in [6.07, 6.45) is 9.78. The zero-order chi connectivity index (χ0) is 45.5. The number of carbonyl (C=O) groups is 5. The van der Waals surface area contributed by atoms with Gasteiger partial charge < -0.3 is 40.1 Å². The lowest BCUT2D eigenvalue weighted by Gasteiger charge is -2.43. The Hall–Kier alpha value is -6.09. The summed E-state index contributed by atoms with van der Waals surface area (Å²) < 4.78 is 11.6. The fourth-order valence-electron chi connectivity index (χ4n) is 9.54. The third-order valence-corrected chi connectivity index (χ3v) is 13.1. The second kappa shape index (κ2) is 20.8. The molecule has 4 aliphatic heterocycles. The van der Waals surface area contributed by atoms with E-state index in [1.54, 1.807) is 54.4 Å². The number of hydrogen-bond acceptors (Lipinski definition) is 13. The maximum absolute atomic E-state index is 13.3. The quantitative estimate of drug-likeness (QED) is 0.0823. The summed E-state index contributed by atoms with van der Waals surface area (Å²) in [5.41, 5.74) is 4.03. The number of amides is 5. The lowest BCUT2D eigenvalue weighted by Crippen LogP contribution is -2.59. The average Bonchev–Trinajstić information content (AvgIpc) is 3.95. The van der Waals surface area contributed by atoms with Crippen molar-refractivity contribution >= 4 is 52.7 Å². The Morgan fingerprint density at radius 2 is 1.83 bits per heavy atom. The fourth-order valence-corrected chi connectivity index (χ4v) is 9.54. The highest BCUT2D eigenvalue weighted by molar-refractivity contribution is 6.06. The number of aromatic nitrogens is 2. The standard InChI is InChI=1S/C48H60N10O7/c1-4-38-47(63)55(2)40-27-50-48(54-43(40)58(38)34-14-5-6-15-34)52-37-18-17-32(26-41(37)64-3)44(60)51-33-28-56(29-33)23-11-25-65-24-10-22-49-21-8-7-12-31-13-9-16-35-36(31)30-57(46(35)62)39-19-20-42(59)53-45(39)61/h9,13,16-18,26-27,33-34,38-39,49H,4-6,8,10-11,14-15,19-25,28-30H2,1-3H3,(H,51,60)(H,50,52,54)(H,53,59,61)/t38-,39?/m1/s1. The minimum absolute atomic E-state index is 0.0692. The molecule has 17 heteroatoms. The summed E-state index contributed by atoms with van der Waals surface area (Å²) in [6.45, 7) is 7.73. The van der Waals surface area contributed by atoms with Crippen molar-refractivity contribution in [3.8, 4) is 17.6 Å². The van der Waals surface area contributed by atoms with Crippen LogP contribution in [-0.4, -0.2) is 134 Å². The van der Waals surface area contributed by atoms with E-state index in [1.807, 2.05) is 19.1 Å². The maximum Gasteiger partial charge on any atom is 0.255 e. The van der Waals surface area contributed by atoms with E-state index in [0.717, 1.165) is 88.2 Å². The average molecular weight is 889 g/mol. The van der Waals surface area contributed by atoms with Crippen molar-refractivity contribution in [1.82, 2.24) is 35.7 Å². The van der Waals surface area contributed by atoms with Gasteiger partial charge in [0, 0.05) is 88.6 Å². The molecule has 1 unspecified atom stereocenters. The molecule has 5 heterocycles. The number of benzene rings is 2. The Balaban J connectivity index is 0.697. The van der Waals surface area contributed by atoms with Crippen LogP contribution >= 0.6 is 0 Å². The van der Waals surface area contributed by atoms with Gasteiger partial charge in [0.15, 0.2) is 5.82 Å². The summed E-state index contributed by atoms with van der Waals surface area (Å²) in [4.78, 5) is 80.8. The van der Waals surface area contributed by atoms with Crippen molar-refractivity contribution in [3.05, 3.63) is 64.8 Å². The van der Waals surface area contributed by atoms with E-state index in [2.05, 4.69) is 47.9 Å². The molecule has 5 amide bonds. The number of fused-ring (bicyclic) bond motifs is 2. The molecule has 2 atom stereocenters. The number of piperidine rings is 1. The molecule has 0 bridgehead atoms. The normalized spacial score (nSPS) is 20.0. The Kier molecular flexibility index (Phi) is 14.6. The van der Waals surface area contributed by atoms with Gasteiger partial charge in [0.25, 0.3) is 11.8 Å². The second-order valence-electron chi connectivity index (χ2n) is 17.4. The van der Waals surface area contributed by atoms with Gasteiger partial charge in [-0.05, 0) is 81.0 Å². The number of nitrogens with zero attached hydrogens (tertiary/aromatic N) is 6. The topological polar surface area (TPSA) is 191 Å². The second-order valence-corrected chi connectivity index (χ2v) is 17.4. The summed E-state index contributed by atoms with van der Waals surface area (Å²) in [5.74, 6) is 7.06. The summed E-state index contributed by atoms with van der Waals surface area (Å²) in [6, 6.07) is 10.2. The number of imide groups is 1. The van der Waals surface area contributed by atoms with E-state index in [-0.39, 0.29) is 48.2 Å². The molecule has 65 heavy (non-hydrogen) atoms. The molecule has 1 aliphatic carbocycles. The van der Waals surface area contributed by atoms with Crippen LogP contribution in [0.3, 0.4) is 0 Å². The summed E-state index contributed by atoms with van der Waals surface area (Å²) in [5, 5.41) is 12.2. The molecule has 344 valence electrons. The zero-order valence-corrected chi connectivity index (χ0v) is 37.6. The SMILES string of the molecule is CC[C@@H]1C(=O)N(C)c2cnc(Nc3ccc(C(=O)NC4CN(CCCOCCCNCCC#Cc5cccc6c5CN(C5CCC(=O)NC5=O)C6=O)C4)cc3OC)nc2N1C1CCCC1. The number of ether oxygens (including phenoxy) is 2. The van der Waals surface area contributed by atoms with E-state index in [0.29, 0.717) is 73.2 Å². The highest BCUT2D eigenvalue weighted by atomic mass is 16.5. The molecular formula is C48H60N10O7. The first kappa shape index (κ1) is 45.5. The maximum atomic E-state index is 13.3. The van der Waals surface area contributed by atoms with Gasteiger partial charge >= 0.3 is 0 Å². The van der Waals surface area contributed by atoms with Gasteiger partial charge in [0.1, 0.15) is 23.5 Å². The molecule has 0 radical (unpaired) electrons. The van der Waals surface area contributed by atoms with E-state index >= 15 is 0 Å². The van der Waals surface area contributed by atoms with Crippen LogP contribution in [0.15, 0.2) is 42.6 Å². The summed E-state index contributed by atoms with van der Waals surface area (Å²) in [7, 11) is 3.36. The minimum atomic E-state index is -0.643. The fraction of sp³-hybridized carbons (Fsp3) is 0.521. The number of rotatable bonds is 18. The number of likely N-dealkylation sites (tertiary alicyclic amines) is 1. The molecule has 3 aromatic rings.